The average Bonchev–Trinajstić information content (AvgIpc) is 2.90. The van der Waals surface area contributed by atoms with Gasteiger partial charge in [0.1, 0.15) is 5.76 Å². The summed E-state index contributed by atoms with van der Waals surface area (Å²) in [6.45, 7) is 6.74. The number of likely N-dealkylation sites (tertiary alicyclic amines) is 1. The summed E-state index contributed by atoms with van der Waals surface area (Å²) in [7, 11) is 0. The van der Waals surface area contributed by atoms with Gasteiger partial charge in [0.25, 0.3) is 0 Å². The molecule has 4 heteroatoms. The molecule has 22 heavy (non-hydrogen) atoms. The molecule has 3 rings (SSSR count). The Kier molecular flexibility index (Phi) is 4.60. The topological polar surface area (TPSA) is 49.5 Å². The second-order valence-corrected chi connectivity index (χ2v) is 6.24. The van der Waals surface area contributed by atoms with Gasteiger partial charge in [-0.05, 0) is 57.8 Å². The van der Waals surface area contributed by atoms with Crippen LogP contribution in [0.2, 0.25) is 0 Å². The molecule has 4 nitrogen and oxygen atoms in total. The van der Waals surface area contributed by atoms with Gasteiger partial charge in [-0.3, -0.25) is 4.90 Å². The van der Waals surface area contributed by atoms with E-state index in [9.17, 15) is 5.11 Å². The highest BCUT2D eigenvalue weighted by Gasteiger charge is 2.24. The molecule has 1 aromatic carbocycles. The van der Waals surface area contributed by atoms with Crippen LogP contribution in [0.3, 0.4) is 0 Å². The first-order valence-electron chi connectivity index (χ1n) is 8.05. The second kappa shape index (κ2) is 6.63. The van der Waals surface area contributed by atoms with Gasteiger partial charge < -0.3 is 9.52 Å². The van der Waals surface area contributed by atoms with Gasteiger partial charge in [-0.1, -0.05) is 18.2 Å². The van der Waals surface area contributed by atoms with Crippen LogP contribution < -0.4 is 0 Å². The minimum Gasteiger partial charge on any atom is -0.441 e. The number of hydrogen-bond acceptors (Lipinski definition) is 4. The van der Waals surface area contributed by atoms with Crippen molar-refractivity contribution in [1.82, 2.24) is 9.88 Å². The van der Waals surface area contributed by atoms with E-state index in [1.807, 2.05) is 44.2 Å². The molecule has 2 heterocycles. The third-order valence-electron chi connectivity index (χ3n) is 4.60. The lowest BCUT2D eigenvalue weighted by atomic mass is 9.92. The number of piperidine rings is 1. The summed E-state index contributed by atoms with van der Waals surface area (Å²) in [4.78, 5) is 7.07. The molecule has 1 aliphatic rings. The van der Waals surface area contributed by atoms with Crippen molar-refractivity contribution in [3.63, 3.8) is 0 Å². The monoisotopic (exact) mass is 300 g/mol. The van der Waals surface area contributed by atoms with E-state index in [0.717, 1.165) is 49.5 Å². The van der Waals surface area contributed by atoms with Crippen LogP contribution in [-0.2, 0) is 6.54 Å². The standard InChI is InChI=1S/C18H24N2O2/c1-13(21)15-8-10-20(11-9-15)12-17-14(2)22-18(19-17)16-6-4-3-5-7-16/h3-7,13,15,21H,8-12H2,1-2H3. The Hall–Kier alpha value is -1.65. The van der Waals surface area contributed by atoms with Crippen LogP contribution in [0.4, 0.5) is 0 Å². The minimum atomic E-state index is -0.194. The quantitative estimate of drug-likeness (QED) is 0.941. The number of rotatable bonds is 4. The van der Waals surface area contributed by atoms with Crippen LogP contribution in [0, 0.1) is 12.8 Å². The lowest BCUT2D eigenvalue weighted by Gasteiger charge is -2.32. The van der Waals surface area contributed by atoms with Crippen LogP contribution >= 0.6 is 0 Å². The summed E-state index contributed by atoms with van der Waals surface area (Å²) >= 11 is 0. The number of aliphatic hydroxyl groups excluding tert-OH is 1. The molecular formula is C18H24N2O2. The Balaban J connectivity index is 1.66. The summed E-state index contributed by atoms with van der Waals surface area (Å²) < 4.78 is 5.82. The zero-order valence-corrected chi connectivity index (χ0v) is 13.3. The fraction of sp³-hybridized carbons (Fsp3) is 0.500. The first-order valence-corrected chi connectivity index (χ1v) is 8.05. The van der Waals surface area contributed by atoms with Crippen LogP contribution in [0.25, 0.3) is 11.5 Å². The van der Waals surface area contributed by atoms with E-state index < -0.39 is 0 Å². The summed E-state index contributed by atoms with van der Waals surface area (Å²) in [5.41, 5.74) is 2.04. The average molecular weight is 300 g/mol. The zero-order chi connectivity index (χ0) is 15.5. The van der Waals surface area contributed by atoms with E-state index in [4.69, 9.17) is 4.42 Å². The number of benzene rings is 1. The maximum atomic E-state index is 9.68. The van der Waals surface area contributed by atoms with E-state index in [-0.39, 0.29) is 6.10 Å². The number of oxazole rings is 1. The molecule has 1 saturated heterocycles. The largest absolute Gasteiger partial charge is 0.441 e. The van der Waals surface area contributed by atoms with Gasteiger partial charge in [-0.15, -0.1) is 0 Å². The van der Waals surface area contributed by atoms with Crippen LogP contribution in [0.5, 0.6) is 0 Å². The van der Waals surface area contributed by atoms with Gasteiger partial charge in [-0.2, -0.15) is 0 Å². The van der Waals surface area contributed by atoms with Gasteiger partial charge in [0, 0.05) is 12.1 Å². The van der Waals surface area contributed by atoms with E-state index >= 15 is 0 Å². The van der Waals surface area contributed by atoms with Crippen molar-refractivity contribution in [3.05, 3.63) is 41.8 Å². The molecule has 0 amide bonds. The smallest absolute Gasteiger partial charge is 0.226 e. The first-order chi connectivity index (χ1) is 10.6. The third kappa shape index (κ3) is 3.39. The van der Waals surface area contributed by atoms with E-state index in [2.05, 4.69) is 9.88 Å². The highest BCUT2D eigenvalue weighted by Crippen LogP contribution is 2.25. The predicted molar refractivity (Wildman–Crippen MR) is 86.4 cm³/mol. The van der Waals surface area contributed by atoms with Crippen molar-refractivity contribution in [1.29, 1.82) is 0 Å². The van der Waals surface area contributed by atoms with Gasteiger partial charge in [0.15, 0.2) is 0 Å². The number of hydrogen-bond donors (Lipinski definition) is 1. The SMILES string of the molecule is Cc1oc(-c2ccccc2)nc1CN1CCC(C(C)O)CC1. The molecule has 0 spiro atoms. The molecule has 1 aliphatic heterocycles. The van der Waals surface area contributed by atoms with Crippen molar-refractivity contribution in [2.24, 2.45) is 5.92 Å². The Morgan fingerprint density at radius 1 is 1.27 bits per heavy atom. The van der Waals surface area contributed by atoms with E-state index in [1.54, 1.807) is 0 Å². The fourth-order valence-electron chi connectivity index (χ4n) is 3.08. The van der Waals surface area contributed by atoms with Crippen molar-refractivity contribution >= 4 is 0 Å². The molecule has 0 aliphatic carbocycles. The lowest BCUT2D eigenvalue weighted by Crippen LogP contribution is -2.36. The zero-order valence-electron chi connectivity index (χ0n) is 13.3. The normalized spacial score (nSPS) is 18.5. The third-order valence-corrected chi connectivity index (χ3v) is 4.60. The van der Waals surface area contributed by atoms with Gasteiger partial charge in [-0.25, -0.2) is 4.98 Å². The molecule has 1 atom stereocenters. The molecule has 1 N–H and O–H groups in total. The number of aliphatic hydroxyl groups is 1. The van der Waals surface area contributed by atoms with Crippen molar-refractivity contribution in [3.8, 4) is 11.5 Å². The number of aryl methyl sites for hydroxylation is 1. The second-order valence-electron chi connectivity index (χ2n) is 6.24. The molecule has 1 unspecified atom stereocenters. The van der Waals surface area contributed by atoms with Crippen LogP contribution in [0.15, 0.2) is 34.7 Å². The summed E-state index contributed by atoms with van der Waals surface area (Å²) in [5.74, 6) is 2.04. The highest BCUT2D eigenvalue weighted by molar-refractivity contribution is 5.53. The summed E-state index contributed by atoms with van der Waals surface area (Å²) in [5, 5.41) is 9.68. The van der Waals surface area contributed by atoms with E-state index in [0.29, 0.717) is 11.8 Å². The maximum Gasteiger partial charge on any atom is 0.226 e. The van der Waals surface area contributed by atoms with Crippen molar-refractivity contribution < 1.29 is 9.52 Å². The Labute approximate surface area is 131 Å². The molecule has 1 fully saturated rings. The van der Waals surface area contributed by atoms with Gasteiger partial charge >= 0.3 is 0 Å². The van der Waals surface area contributed by atoms with Crippen molar-refractivity contribution in [2.45, 2.75) is 39.3 Å². The van der Waals surface area contributed by atoms with Gasteiger partial charge in [0.05, 0.1) is 11.8 Å². The summed E-state index contributed by atoms with van der Waals surface area (Å²) in [6.07, 6.45) is 1.92. The van der Waals surface area contributed by atoms with Crippen LogP contribution in [-0.4, -0.2) is 34.2 Å². The van der Waals surface area contributed by atoms with Crippen molar-refractivity contribution in [2.75, 3.05) is 13.1 Å². The molecule has 1 aromatic heterocycles. The highest BCUT2D eigenvalue weighted by atomic mass is 16.4. The van der Waals surface area contributed by atoms with E-state index in [1.165, 1.54) is 0 Å². The molecular weight excluding hydrogens is 276 g/mol. The van der Waals surface area contributed by atoms with Gasteiger partial charge in [0.2, 0.25) is 5.89 Å². The molecule has 118 valence electrons. The Morgan fingerprint density at radius 2 is 1.95 bits per heavy atom. The molecule has 2 aromatic rings. The minimum absolute atomic E-state index is 0.194. The number of aromatic nitrogens is 1. The summed E-state index contributed by atoms with van der Waals surface area (Å²) in [6, 6.07) is 10.0. The molecule has 0 saturated carbocycles. The maximum absolute atomic E-state index is 9.68. The Morgan fingerprint density at radius 3 is 2.59 bits per heavy atom. The molecule has 0 radical (unpaired) electrons. The molecule has 0 bridgehead atoms. The first kappa shape index (κ1) is 15.3. The predicted octanol–water partition coefficient (Wildman–Crippen LogP) is 3.24. The lowest BCUT2D eigenvalue weighted by molar-refractivity contribution is 0.0690. The van der Waals surface area contributed by atoms with Crippen LogP contribution in [0.1, 0.15) is 31.2 Å². The fourth-order valence-corrected chi connectivity index (χ4v) is 3.08. The Bertz CT molecular complexity index is 599. The number of nitrogens with zero attached hydrogens (tertiary/aromatic N) is 2.